The second-order valence-corrected chi connectivity index (χ2v) is 4.16. The molecule has 2 N–H and O–H groups in total. The molecule has 0 fully saturated rings. The van der Waals surface area contributed by atoms with E-state index in [2.05, 4.69) is 10.1 Å². The summed E-state index contributed by atoms with van der Waals surface area (Å²) in [7, 11) is 0. The molecule has 16 heavy (non-hydrogen) atoms. The average Bonchev–Trinajstić information content (AvgIpc) is 2.64. The summed E-state index contributed by atoms with van der Waals surface area (Å²) in [6, 6.07) is 4.59. The SMILES string of the molecule is Cc1nc(C(N)c2ccc(Cl)cc2Cl)no1. The van der Waals surface area contributed by atoms with E-state index in [1.165, 1.54) is 0 Å². The summed E-state index contributed by atoms with van der Waals surface area (Å²) in [5.74, 6) is 0.872. The lowest BCUT2D eigenvalue weighted by Gasteiger charge is -2.09. The van der Waals surface area contributed by atoms with E-state index >= 15 is 0 Å². The lowest BCUT2D eigenvalue weighted by Crippen LogP contribution is -2.14. The van der Waals surface area contributed by atoms with Crippen molar-refractivity contribution in [3.8, 4) is 0 Å². The predicted octanol–water partition coefficient (Wildman–Crippen LogP) is 2.73. The smallest absolute Gasteiger partial charge is 0.223 e. The van der Waals surface area contributed by atoms with Crippen LogP contribution in [0, 0.1) is 6.92 Å². The van der Waals surface area contributed by atoms with Gasteiger partial charge in [0.25, 0.3) is 0 Å². The standard InChI is InChI=1S/C10H9Cl2N3O/c1-5-14-10(15-16-5)9(13)7-3-2-6(11)4-8(7)12/h2-4,9H,13H2,1H3. The molecule has 0 amide bonds. The Morgan fingerprint density at radius 2 is 2.12 bits per heavy atom. The van der Waals surface area contributed by atoms with Crippen LogP contribution in [0.5, 0.6) is 0 Å². The number of nitrogens with two attached hydrogens (primary N) is 1. The van der Waals surface area contributed by atoms with E-state index in [9.17, 15) is 0 Å². The van der Waals surface area contributed by atoms with Crippen LogP contribution in [0.3, 0.4) is 0 Å². The van der Waals surface area contributed by atoms with Crippen LogP contribution >= 0.6 is 23.2 Å². The van der Waals surface area contributed by atoms with Crippen molar-refractivity contribution in [1.82, 2.24) is 10.1 Å². The molecule has 0 spiro atoms. The zero-order chi connectivity index (χ0) is 11.7. The van der Waals surface area contributed by atoms with E-state index in [4.69, 9.17) is 33.5 Å². The third-order valence-corrected chi connectivity index (χ3v) is 2.68. The van der Waals surface area contributed by atoms with Crippen molar-refractivity contribution in [2.24, 2.45) is 5.73 Å². The van der Waals surface area contributed by atoms with E-state index < -0.39 is 6.04 Å². The van der Waals surface area contributed by atoms with Gasteiger partial charge in [0.05, 0.1) is 6.04 Å². The fourth-order valence-corrected chi connectivity index (χ4v) is 1.86. The molecule has 2 rings (SSSR count). The third-order valence-electron chi connectivity index (χ3n) is 2.12. The minimum absolute atomic E-state index is 0.404. The third kappa shape index (κ3) is 2.19. The van der Waals surface area contributed by atoms with Gasteiger partial charge in [-0.1, -0.05) is 34.4 Å². The molecule has 1 unspecified atom stereocenters. The number of aryl methyl sites for hydroxylation is 1. The van der Waals surface area contributed by atoms with E-state index in [1.807, 2.05) is 0 Å². The Labute approximate surface area is 102 Å². The van der Waals surface area contributed by atoms with Crippen molar-refractivity contribution >= 4 is 23.2 Å². The average molecular weight is 258 g/mol. The van der Waals surface area contributed by atoms with E-state index in [0.717, 1.165) is 0 Å². The molecule has 0 bridgehead atoms. The van der Waals surface area contributed by atoms with E-state index in [-0.39, 0.29) is 0 Å². The number of halogens is 2. The molecule has 0 aliphatic carbocycles. The number of benzene rings is 1. The van der Waals surface area contributed by atoms with Gasteiger partial charge in [-0.2, -0.15) is 4.98 Å². The van der Waals surface area contributed by atoms with Gasteiger partial charge in [0, 0.05) is 17.0 Å². The summed E-state index contributed by atoms with van der Waals surface area (Å²) in [4.78, 5) is 4.06. The van der Waals surface area contributed by atoms with Crippen LogP contribution in [0.15, 0.2) is 22.7 Å². The van der Waals surface area contributed by atoms with Crippen LogP contribution in [-0.4, -0.2) is 10.1 Å². The van der Waals surface area contributed by atoms with Crippen LogP contribution in [0.4, 0.5) is 0 Å². The molecule has 84 valence electrons. The molecular formula is C10H9Cl2N3O. The van der Waals surface area contributed by atoms with Gasteiger partial charge in [-0.15, -0.1) is 0 Å². The lowest BCUT2D eigenvalue weighted by molar-refractivity contribution is 0.385. The minimum Gasteiger partial charge on any atom is -0.340 e. The Bertz CT molecular complexity index is 513. The van der Waals surface area contributed by atoms with Gasteiger partial charge < -0.3 is 10.3 Å². The predicted molar refractivity (Wildman–Crippen MR) is 61.5 cm³/mol. The van der Waals surface area contributed by atoms with Gasteiger partial charge in [-0.05, 0) is 17.7 Å². The number of rotatable bonds is 2. The van der Waals surface area contributed by atoms with Crippen LogP contribution < -0.4 is 5.73 Å². The normalized spacial score (nSPS) is 12.8. The summed E-state index contributed by atoms with van der Waals surface area (Å²) < 4.78 is 4.86. The molecule has 1 atom stereocenters. The molecule has 1 aromatic heterocycles. The summed E-state index contributed by atoms with van der Waals surface area (Å²) >= 11 is 11.8. The zero-order valence-electron chi connectivity index (χ0n) is 8.45. The first kappa shape index (κ1) is 11.4. The second kappa shape index (κ2) is 4.41. The monoisotopic (exact) mass is 257 g/mol. The first-order chi connectivity index (χ1) is 7.58. The highest BCUT2D eigenvalue weighted by molar-refractivity contribution is 6.35. The molecule has 0 saturated heterocycles. The first-order valence-electron chi connectivity index (χ1n) is 4.58. The number of hydrogen-bond donors (Lipinski definition) is 1. The van der Waals surface area contributed by atoms with Gasteiger partial charge in [0.15, 0.2) is 5.82 Å². The van der Waals surface area contributed by atoms with Gasteiger partial charge in [0.1, 0.15) is 0 Å². The second-order valence-electron chi connectivity index (χ2n) is 3.32. The molecule has 4 nitrogen and oxygen atoms in total. The largest absolute Gasteiger partial charge is 0.340 e. The number of hydrogen-bond acceptors (Lipinski definition) is 4. The molecular weight excluding hydrogens is 249 g/mol. The maximum atomic E-state index is 6.03. The highest BCUT2D eigenvalue weighted by Gasteiger charge is 2.17. The fraction of sp³-hybridized carbons (Fsp3) is 0.200. The Hall–Kier alpha value is -1.10. The van der Waals surface area contributed by atoms with Crippen LogP contribution in [0.25, 0.3) is 0 Å². The van der Waals surface area contributed by atoms with Crippen LogP contribution in [0.1, 0.15) is 23.3 Å². The van der Waals surface area contributed by atoms with Crippen LogP contribution in [0.2, 0.25) is 10.0 Å². The van der Waals surface area contributed by atoms with Crippen molar-refractivity contribution in [3.63, 3.8) is 0 Å². The van der Waals surface area contributed by atoms with Crippen LogP contribution in [-0.2, 0) is 0 Å². The topological polar surface area (TPSA) is 64.9 Å². The Morgan fingerprint density at radius 3 is 2.69 bits per heavy atom. The highest BCUT2D eigenvalue weighted by Crippen LogP contribution is 2.27. The van der Waals surface area contributed by atoms with Gasteiger partial charge >= 0.3 is 0 Å². The van der Waals surface area contributed by atoms with E-state index in [0.29, 0.717) is 27.3 Å². The number of nitrogens with zero attached hydrogens (tertiary/aromatic N) is 2. The molecule has 6 heteroatoms. The Kier molecular flexibility index (Phi) is 3.14. The first-order valence-corrected chi connectivity index (χ1v) is 5.34. The van der Waals surface area contributed by atoms with Gasteiger partial charge in [-0.25, -0.2) is 0 Å². The molecule has 0 saturated carbocycles. The van der Waals surface area contributed by atoms with Crippen molar-refractivity contribution in [1.29, 1.82) is 0 Å². The quantitative estimate of drug-likeness (QED) is 0.899. The maximum absolute atomic E-state index is 6.03. The molecule has 0 aliphatic rings. The highest BCUT2D eigenvalue weighted by atomic mass is 35.5. The molecule has 2 aromatic rings. The lowest BCUT2D eigenvalue weighted by atomic mass is 10.1. The Morgan fingerprint density at radius 1 is 1.38 bits per heavy atom. The molecule has 0 radical (unpaired) electrons. The summed E-state index contributed by atoms with van der Waals surface area (Å²) in [6.45, 7) is 1.70. The molecule has 0 aliphatic heterocycles. The summed E-state index contributed by atoms with van der Waals surface area (Å²) in [5.41, 5.74) is 6.68. The zero-order valence-corrected chi connectivity index (χ0v) is 9.96. The van der Waals surface area contributed by atoms with Crippen molar-refractivity contribution in [2.45, 2.75) is 13.0 Å². The molecule has 1 aromatic carbocycles. The minimum atomic E-state index is -0.512. The van der Waals surface area contributed by atoms with Gasteiger partial charge in [-0.3, -0.25) is 0 Å². The Balaban J connectivity index is 2.37. The van der Waals surface area contributed by atoms with Gasteiger partial charge in [0.2, 0.25) is 5.89 Å². The fourth-order valence-electron chi connectivity index (χ4n) is 1.33. The summed E-state index contributed by atoms with van der Waals surface area (Å²) in [5, 5.41) is 4.80. The number of aromatic nitrogens is 2. The summed E-state index contributed by atoms with van der Waals surface area (Å²) in [6.07, 6.45) is 0. The van der Waals surface area contributed by atoms with Crippen molar-refractivity contribution < 1.29 is 4.52 Å². The van der Waals surface area contributed by atoms with Crippen molar-refractivity contribution in [2.75, 3.05) is 0 Å². The maximum Gasteiger partial charge on any atom is 0.223 e. The molecule has 1 heterocycles. The van der Waals surface area contributed by atoms with Crippen molar-refractivity contribution in [3.05, 3.63) is 45.5 Å². The van der Waals surface area contributed by atoms with E-state index in [1.54, 1.807) is 25.1 Å².